The third kappa shape index (κ3) is 2.13. The Morgan fingerprint density at radius 1 is 0.667 bits per heavy atom. The molecule has 0 saturated heterocycles. The first-order valence-corrected chi connectivity index (χ1v) is 13.6. The predicted molar refractivity (Wildman–Crippen MR) is 143 cm³/mol. The van der Waals surface area contributed by atoms with Gasteiger partial charge in [-0.2, -0.15) is 0 Å². The molecule has 6 rings (SSSR count). The summed E-state index contributed by atoms with van der Waals surface area (Å²) >= 11 is 0. The molecule has 3 aromatic carbocycles. The van der Waals surface area contributed by atoms with Gasteiger partial charge in [0, 0.05) is 21.7 Å². The molecule has 3 aliphatic carbocycles. The Balaban J connectivity index is 1.91. The van der Waals surface area contributed by atoms with E-state index in [2.05, 4.69) is 76.2 Å². The average Bonchev–Trinajstić information content (AvgIpc) is 3.27. The van der Waals surface area contributed by atoms with Crippen molar-refractivity contribution in [1.82, 2.24) is 0 Å². The van der Waals surface area contributed by atoms with Crippen LogP contribution >= 0.6 is 0 Å². The van der Waals surface area contributed by atoms with Gasteiger partial charge in [-0.25, -0.2) is 4.79 Å². The van der Waals surface area contributed by atoms with E-state index in [9.17, 15) is 15.0 Å². The SMILES string of the molecule is CCC[C@@]12c3ccccc3[C@@]3(CCC)c4cc(C(=O)O)c(O)cc4[C@@](CCC)(c4ccccc41)[C@@]23C. The van der Waals surface area contributed by atoms with Crippen LogP contribution in [0.2, 0.25) is 0 Å². The number of fused-ring (bicyclic) bond motifs is 9. The van der Waals surface area contributed by atoms with E-state index in [-0.39, 0.29) is 33.0 Å². The standard InChI is InChI=1S/C33H36O3/c1-5-16-31-22-12-8-10-14-24(22)32(17-6-2)26-19-21(29(35)36)28(34)20-27(26)33(18-7-3,30(31,32)4)25-15-11-9-13-23(25)31/h8-15,19-20,34H,5-7,16-18H2,1-4H3,(H,35,36)/t30-,31+,32-,33+/m0/s1. The van der Waals surface area contributed by atoms with Crippen molar-refractivity contribution in [2.45, 2.75) is 82.5 Å². The van der Waals surface area contributed by atoms with Crippen molar-refractivity contribution in [2.24, 2.45) is 5.41 Å². The Bertz CT molecular complexity index is 1410. The predicted octanol–water partition coefficient (Wildman–Crippen LogP) is 7.70. The van der Waals surface area contributed by atoms with E-state index in [0.29, 0.717) is 0 Å². The Labute approximate surface area is 214 Å². The molecule has 3 nitrogen and oxygen atoms in total. The van der Waals surface area contributed by atoms with Gasteiger partial charge in [-0.3, -0.25) is 0 Å². The third-order valence-electron chi connectivity index (χ3n) is 10.4. The van der Waals surface area contributed by atoms with Crippen LogP contribution < -0.4 is 0 Å². The van der Waals surface area contributed by atoms with Crippen LogP contribution in [0.5, 0.6) is 5.75 Å². The second kappa shape index (κ2) is 7.47. The molecule has 0 aromatic heterocycles. The van der Waals surface area contributed by atoms with Gasteiger partial charge in [0.25, 0.3) is 0 Å². The zero-order valence-corrected chi connectivity index (χ0v) is 21.8. The van der Waals surface area contributed by atoms with Gasteiger partial charge in [-0.05, 0) is 64.8 Å². The van der Waals surface area contributed by atoms with E-state index < -0.39 is 5.97 Å². The number of rotatable bonds is 7. The summed E-state index contributed by atoms with van der Waals surface area (Å²) in [5.41, 5.74) is 6.80. The summed E-state index contributed by atoms with van der Waals surface area (Å²) in [6, 6.07) is 21.7. The summed E-state index contributed by atoms with van der Waals surface area (Å²) < 4.78 is 0. The molecule has 0 amide bonds. The van der Waals surface area contributed by atoms with Gasteiger partial charge in [-0.1, -0.05) is 95.5 Å². The Hall–Kier alpha value is -3.07. The Morgan fingerprint density at radius 2 is 1.03 bits per heavy atom. The molecular formula is C33H36O3. The van der Waals surface area contributed by atoms with Gasteiger partial charge in [-0.15, -0.1) is 0 Å². The first-order valence-electron chi connectivity index (χ1n) is 13.6. The molecule has 0 radical (unpaired) electrons. The maximum Gasteiger partial charge on any atom is 0.339 e. The number of carbonyl (C=O) groups is 1. The number of carboxylic acid groups (broad SMARTS) is 1. The van der Waals surface area contributed by atoms with E-state index in [4.69, 9.17) is 0 Å². The minimum atomic E-state index is -1.07. The molecule has 0 unspecified atom stereocenters. The number of hydrogen-bond acceptors (Lipinski definition) is 2. The van der Waals surface area contributed by atoms with Crippen LogP contribution in [0.4, 0.5) is 0 Å². The largest absolute Gasteiger partial charge is 0.507 e. The van der Waals surface area contributed by atoms with E-state index in [0.717, 1.165) is 49.7 Å². The summed E-state index contributed by atoms with van der Waals surface area (Å²) in [6.45, 7) is 9.32. The van der Waals surface area contributed by atoms with Gasteiger partial charge < -0.3 is 10.2 Å². The molecule has 36 heavy (non-hydrogen) atoms. The number of aromatic carboxylic acids is 1. The van der Waals surface area contributed by atoms with E-state index >= 15 is 0 Å². The van der Waals surface area contributed by atoms with Crippen molar-refractivity contribution in [2.75, 3.05) is 0 Å². The molecule has 0 heterocycles. The number of benzene rings is 3. The molecule has 2 N–H and O–H groups in total. The number of hydrogen-bond donors (Lipinski definition) is 2. The van der Waals surface area contributed by atoms with Gasteiger partial charge >= 0.3 is 5.97 Å². The third-order valence-corrected chi connectivity index (χ3v) is 10.4. The average molecular weight is 481 g/mol. The second-order valence-corrected chi connectivity index (χ2v) is 11.4. The van der Waals surface area contributed by atoms with E-state index in [1.54, 1.807) is 0 Å². The lowest BCUT2D eigenvalue weighted by molar-refractivity contribution is 0.0539. The number of carboxylic acids is 1. The van der Waals surface area contributed by atoms with Crippen LogP contribution in [-0.4, -0.2) is 16.2 Å². The fraction of sp³-hybridized carbons (Fsp3) is 0.424. The maximum absolute atomic E-state index is 12.3. The van der Waals surface area contributed by atoms with Crippen molar-refractivity contribution in [3.8, 4) is 5.75 Å². The highest BCUT2D eigenvalue weighted by atomic mass is 16.4. The highest BCUT2D eigenvalue weighted by Gasteiger charge is 2.82. The van der Waals surface area contributed by atoms with Crippen LogP contribution in [0, 0.1) is 5.41 Å². The van der Waals surface area contributed by atoms with Crippen LogP contribution in [0.3, 0.4) is 0 Å². The highest BCUT2D eigenvalue weighted by Crippen LogP contribution is 2.85. The van der Waals surface area contributed by atoms with Crippen LogP contribution in [0.25, 0.3) is 0 Å². The monoisotopic (exact) mass is 480 g/mol. The van der Waals surface area contributed by atoms with Gasteiger partial charge in [0.15, 0.2) is 0 Å². The summed E-state index contributed by atoms with van der Waals surface area (Å²) in [5, 5.41) is 21.1. The number of aromatic hydroxyl groups is 1. The summed E-state index contributed by atoms with van der Waals surface area (Å²) in [6.07, 6.45) is 6.01. The quantitative estimate of drug-likeness (QED) is 0.364. The first-order chi connectivity index (χ1) is 17.3. The fourth-order valence-corrected chi connectivity index (χ4v) is 9.75. The van der Waals surface area contributed by atoms with Crippen LogP contribution in [0.1, 0.15) is 110 Å². The first kappa shape index (κ1) is 23.3. The molecule has 3 aliphatic rings. The molecule has 186 valence electrons. The van der Waals surface area contributed by atoms with Gasteiger partial charge in [0.2, 0.25) is 0 Å². The van der Waals surface area contributed by atoms with Gasteiger partial charge in [0.1, 0.15) is 11.3 Å². The highest BCUT2D eigenvalue weighted by molar-refractivity contribution is 5.92. The maximum atomic E-state index is 12.3. The molecule has 0 bridgehead atoms. The smallest absolute Gasteiger partial charge is 0.339 e. The lowest BCUT2D eigenvalue weighted by Crippen LogP contribution is -2.54. The van der Waals surface area contributed by atoms with E-state index in [1.165, 1.54) is 22.3 Å². The molecule has 0 fully saturated rings. The van der Waals surface area contributed by atoms with Crippen LogP contribution in [-0.2, 0) is 16.2 Å². The van der Waals surface area contributed by atoms with E-state index in [1.807, 2.05) is 12.1 Å². The Kier molecular flexibility index (Phi) is 4.84. The lowest BCUT2D eigenvalue weighted by atomic mass is 9.48. The van der Waals surface area contributed by atoms with Crippen molar-refractivity contribution < 1.29 is 15.0 Å². The van der Waals surface area contributed by atoms with Crippen molar-refractivity contribution in [3.05, 3.63) is 99.6 Å². The Morgan fingerprint density at radius 3 is 1.39 bits per heavy atom. The zero-order valence-electron chi connectivity index (χ0n) is 21.8. The molecule has 4 atom stereocenters. The minimum absolute atomic E-state index is 0.0122. The van der Waals surface area contributed by atoms with Crippen molar-refractivity contribution in [1.29, 1.82) is 0 Å². The molecule has 0 saturated carbocycles. The summed E-state index contributed by atoms with van der Waals surface area (Å²) in [4.78, 5) is 12.3. The fourth-order valence-electron chi connectivity index (χ4n) is 9.75. The summed E-state index contributed by atoms with van der Waals surface area (Å²) in [5.74, 6) is -1.19. The molecular weight excluding hydrogens is 444 g/mol. The van der Waals surface area contributed by atoms with Gasteiger partial charge in [0.05, 0.1) is 0 Å². The minimum Gasteiger partial charge on any atom is -0.507 e. The molecule has 3 heteroatoms. The van der Waals surface area contributed by atoms with Crippen LogP contribution in [0.15, 0.2) is 60.7 Å². The molecule has 0 spiro atoms. The van der Waals surface area contributed by atoms with Crippen molar-refractivity contribution >= 4 is 5.97 Å². The summed E-state index contributed by atoms with van der Waals surface area (Å²) in [7, 11) is 0. The number of phenols is 1. The second-order valence-electron chi connectivity index (χ2n) is 11.4. The lowest BCUT2D eigenvalue weighted by Gasteiger charge is -2.53. The molecule has 0 aliphatic heterocycles. The topological polar surface area (TPSA) is 57.5 Å². The normalized spacial score (nSPS) is 30.6. The van der Waals surface area contributed by atoms with Crippen molar-refractivity contribution in [3.63, 3.8) is 0 Å². The zero-order chi connectivity index (χ0) is 25.5. The molecule has 3 aromatic rings.